The molecule has 2 aromatic rings. The number of rotatable bonds is 5. The minimum absolute atomic E-state index is 0.0160. The average molecular weight is 547 g/mol. The topological polar surface area (TPSA) is 112 Å². The molecular formula is C19H19Cl2F3N2O7S. The van der Waals surface area contributed by atoms with Gasteiger partial charge in [0.2, 0.25) is 11.8 Å². The lowest BCUT2D eigenvalue weighted by Crippen LogP contribution is -2.31. The third-order valence-corrected chi connectivity index (χ3v) is 6.51. The van der Waals surface area contributed by atoms with E-state index in [2.05, 4.69) is 9.17 Å². The van der Waals surface area contributed by atoms with E-state index < -0.39 is 33.5 Å². The van der Waals surface area contributed by atoms with Crippen molar-refractivity contribution < 1.29 is 44.8 Å². The SMILES string of the molecule is CC=O.COCC(=O)N1Cc2c(OS(=O)(=O)C(F)(F)F)nc3c(Cl)c(Cl)c(OC)cc3c2[C@@H]1C. The monoisotopic (exact) mass is 546 g/mol. The number of nitrogens with zero attached hydrogens (tertiary/aromatic N) is 2. The summed E-state index contributed by atoms with van der Waals surface area (Å²) >= 11 is 12.4. The normalized spacial score (nSPS) is 15.4. The second-order valence-electron chi connectivity index (χ2n) is 6.76. The Balaban J connectivity index is 0.00000129. The van der Waals surface area contributed by atoms with Crippen LogP contribution in [0.5, 0.6) is 11.6 Å². The van der Waals surface area contributed by atoms with Crippen LogP contribution in [0.15, 0.2) is 6.07 Å². The Kier molecular flexibility index (Phi) is 8.62. The summed E-state index contributed by atoms with van der Waals surface area (Å²) in [7, 11) is -3.39. The van der Waals surface area contributed by atoms with E-state index in [4.69, 9.17) is 37.5 Å². The molecule has 188 valence electrons. The third-order valence-electron chi connectivity index (χ3n) is 4.73. The fourth-order valence-corrected chi connectivity index (χ4v) is 4.23. The molecule has 15 heteroatoms. The van der Waals surface area contributed by atoms with Crippen LogP contribution >= 0.6 is 23.2 Å². The summed E-state index contributed by atoms with van der Waals surface area (Å²) in [6, 6.07) is 0.763. The van der Waals surface area contributed by atoms with Crippen molar-refractivity contribution in [3.05, 3.63) is 27.2 Å². The quantitative estimate of drug-likeness (QED) is 0.314. The molecule has 0 bridgehead atoms. The second-order valence-corrected chi connectivity index (χ2v) is 9.06. The van der Waals surface area contributed by atoms with Gasteiger partial charge in [0.1, 0.15) is 23.7 Å². The molecule has 0 unspecified atom stereocenters. The van der Waals surface area contributed by atoms with Gasteiger partial charge in [-0.25, -0.2) is 4.98 Å². The number of amides is 1. The molecule has 34 heavy (non-hydrogen) atoms. The molecule has 0 saturated heterocycles. The van der Waals surface area contributed by atoms with Crippen LogP contribution in [0.2, 0.25) is 10.0 Å². The van der Waals surface area contributed by atoms with E-state index in [0.29, 0.717) is 10.9 Å². The molecule has 3 rings (SSSR count). The standard InChI is InChI=1S/C17H15Cl2F3N2O6S.C2H4O/c1-7-12-8-4-10(29-3)13(18)14(19)15(8)23-16(30-31(26,27)17(20,21)22)9(12)5-24(7)11(25)6-28-2;1-2-3/h4,7H,5-6H2,1-3H3;2H,1H3/t7-;/m0./s1. The number of carbonyl (C=O) groups excluding carboxylic acids is 2. The van der Waals surface area contributed by atoms with Crippen LogP contribution in [0.3, 0.4) is 0 Å². The number of fused-ring (bicyclic) bond motifs is 3. The molecule has 0 saturated carbocycles. The van der Waals surface area contributed by atoms with Crippen LogP contribution in [0, 0.1) is 0 Å². The van der Waals surface area contributed by atoms with Crippen LogP contribution in [0.25, 0.3) is 10.9 Å². The highest BCUT2D eigenvalue weighted by molar-refractivity contribution is 7.88. The van der Waals surface area contributed by atoms with E-state index in [-0.39, 0.29) is 40.0 Å². The Bertz CT molecular complexity index is 1220. The number of aromatic nitrogens is 1. The van der Waals surface area contributed by atoms with Gasteiger partial charge in [0, 0.05) is 18.1 Å². The number of carbonyl (C=O) groups is 2. The van der Waals surface area contributed by atoms with E-state index in [1.165, 1.54) is 32.1 Å². The van der Waals surface area contributed by atoms with Crippen LogP contribution in [0.4, 0.5) is 13.2 Å². The summed E-state index contributed by atoms with van der Waals surface area (Å²) in [5.41, 5.74) is -5.50. The molecule has 2 heterocycles. The predicted octanol–water partition coefficient (Wildman–Crippen LogP) is 4.03. The number of hydrogen-bond donors (Lipinski definition) is 0. The van der Waals surface area contributed by atoms with E-state index >= 15 is 0 Å². The van der Waals surface area contributed by atoms with Gasteiger partial charge in [0.05, 0.1) is 30.2 Å². The number of alkyl halides is 3. The molecule has 1 amide bonds. The van der Waals surface area contributed by atoms with Crippen LogP contribution < -0.4 is 8.92 Å². The number of hydrogen-bond acceptors (Lipinski definition) is 8. The zero-order valence-electron chi connectivity index (χ0n) is 18.2. The molecule has 1 atom stereocenters. The fourth-order valence-electron chi connectivity index (χ4n) is 3.33. The summed E-state index contributed by atoms with van der Waals surface area (Å²) in [6.07, 6.45) is 0.750. The number of ether oxygens (including phenoxy) is 2. The van der Waals surface area contributed by atoms with E-state index in [1.54, 1.807) is 6.92 Å². The van der Waals surface area contributed by atoms with Crippen molar-refractivity contribution in [3.63, 3.8) is 0 Å². The van der Waals surface area contributed by atoms with Gasteiger partial charge in [0.15, 0.2) is 0 Å². The van der Waals surface area contributed by atoms with Gasteiger partial charge in [-0.15, -0.1) is 0 Å². The van der Waals surface area contributed by atoms with Gasteiger partial charge >= 0.3 is 15.6 Å². The maximum absolute atomic E-state index is 12.9. The molecule has 0 radical (unpaired) electrons. The molecule has 0 N–H and O–H groups in total. The maximum Gasteiger partial charge on any atom is 0.534 e. The third kappa shape index (κ3) is 5.16. The van der Waals surface area contributed by atoms with Gasteiger partial charge in [-0.1, -0.05) is 23.2 Å². The van der Waals surface area contributed by atoms with Crippen LogP contribution in [-0.2, 0) is 31.0 Å². The first-order chi connectivity index (χ1) is 15.7. The van der Waals surface area contributed by atoms with Crippen molar-refractivity contribution in [1.82, 2.24) is 9.88 Å². The summed E-state index contributed by atoms with van der Waals surface area (Å²) in [5.74, 6) is -1.16. The number of benzene rings is 1. The van der Waals surface area contributed by atoms with Crippen molar-refractivity contribution in [2.75, 3.05) is 20.8 Å². The van der Waals surface area contributed by atoms with Crippen molar-refractivity contribution in [2.24, 2.45) is 0 Å². The Hall–Kier alpha value is -2.35. The molecule has 1 aliphatic heterocycles. The first kappa shape index (κ1) is 27.9. The first-order valence-electron chi connectivity index (χ1n) is 9.33. The molecular weight excluding hydrogens is 528 g/mol. The highest BCUT2D eigenvalue weighted by Crippen LogP contribution is 2.47. The molecule has 9 nitrogen and oxygen atoms in total. The highest BCUT2D eigenvalue weighted by atomic mass is 35.5. The van der Waals surface area contributed by atoms with E-state index in [0.717, 1.165) is 6.29 Å². The lowest BCUT2D eigenvalue weighted by Gasteiger charge is -2.22. The van der Waals surface area contributed by atoms with Gasteiger partial charge < -0.3 is 23.4 Å². The van der Waals surface area contributed by atoms with Crippen molar-refractivity contribution in [3.8, 4) is 11.6 Å². The molecule has 1 aromatic heterocycles. The van der Waals surface area contributed by atoms with Gasteiger partial charge in [-0.2, -0.15) is 21.6 Å². The number of aldehydes is 1. The van der Waals surface area contributed by atoms with Crippen molar-refractivity contribution in [2.45, 2.75) is 31.9 Å². The lowest BCUT2D eigenvalue weighted by atomic mass is 10.0. The average Bonchev–Trinajstić information content (AvgIpc) is 3.09. The molecule has 0 fully saturated rings. The Morgan fingerprint density at radius 1 is 1.29 bits per heavy atom. The van der Waals surface area contributed by atoms with Crippen LogP contribution in [-0.4, -0.2) is 56.8 Å². The van der Waals surface area contributed by atoms with Gasteiger partial charge in [0.25, 0.3) is 0 Å². The molecule has 1 aromatic carbocycles. The lowest BCUT2D eigenvalue weighted by molar-refractivity contribution is -0.137. The second kappa shape index (κ2) is 10.5. The molecule has 0 aliphatic carbocycles. The smallest absolute Gasteiger partial charge is 0.495 e. The number of halogens is 5. The van der Waals surface area contributed by atoms with E-state index in [9.17, 15) is 26.4 Å². The number of methoxy groups -OCH3 is 2. The summed E-state index contributed by atoms with van der Waals surface area (Å²) in [6.45, 7) is 2.50. The van der Waals surface area contributed by atoms with Crippen molar-refractivity contribution in [1.29, 1.82) is 0 Å². The molecule has 0 spiro atoms. The maximum atomic E-state index is 12.9. The minimum atomic E-state index is -6.03. The summed E-state index contributed by atoms with van der Waals surface area (Å²) in [5, 5.41) is 0.0619. The zero-order chi connectivity index (χ0) is 26.0. The first-order valence-corrected chi connectivity index (χ1v) is 11.5. The zero-order valence-corrected chi connectivity index (χ0v) is 20.5. The summed E-state index contributed by atoms with van der Waals surface area (Å²) < 4.78 is 76.4. The van der Waals surface area contributed by atoms with Crippen molar-refractivity contribution >= 4 is 56.4 Å². The Morgan fingerprint density at radius 2 is 1.88 bits per heavy atom. The largest absolute Gasteiger partial charge is 0.534 e. The number of pyridine rings is 1. The molecule has 1 aliphatic rings. The Labute approximate surface area is 202 Å². The van der Waals surface area contributed by atoms with Gasteiger partial charge in [-0.3, -0.25) is 4.79 Å². The summed E-state index contributed by atoms with van der Waals surface area (Å²) in [4.78, 5) is 26.4. The van der Waals surface area contributed by atoms with E-state index in [1.807, 2.05) is 0 Å². The Morgan fingerprint density at radius 3 is 2.38 bits per heavy atom. The van der Waals surface area contributed by atoms with Gasteiger partial charge in [-0.05, 0) is 25.5 Å². The fraction of sp³-hybridized carbons (Fsp3) is 0.421. The predicted molar refractivity (Wildman–Crippen MR) is 116 cm³/mol. The van der Waals surface area contributed by atoms with Crippen LogP contribution in [0.1, 0.15) is 31.0 Å². The minimum Gasteiger partial charge on any atom is -0.495 e. The highest BCUT2D eigenvalue weighted by Gasteiger charge is 2.50.